The Kier molecular flexibility index (Phi) is 4.16. The van der Waals surface area contributed by atoms with E-state index in [0.717, 1.165) is 22.0 Å². The Bertz CT molecular complexity index is 823. The smallest absolute Gasteiger partial charge is 0.224 e. The van der Waals surface area contributed by atoms with Gasteiger partial charge in [-0.3, -0.25) is 4.79 Å². The van der Waals surface area contributed by atoms with Crippen molar-refractivity contribution in [2.45, 2.75) is 19.9 Å². The molecule has 4 heteroatoms. The lowest BCUT2D eigenvalue weighted by Gasteiger charge is -2.07. The summed E-state index contributed by atoms with van der Waals surface area (Å²) in [6.07, 6.45) is 2.22. The van der Waals surface area contributed by atoms with Crippen molar-refractivity contribution < 1.29 is 4.79 Å². The van der Waals surface area contributed by atoms with Gasteiger partial charge in [-0.25, -0.2) is 0 Å². The van der Waals surface area contributed by atoms with Crippen molar-refractivity contribution >= 4 is 28.4 Å². The average molecular weight is 313 g/mol. The van der Waals surface area contributed by atoms with E-state index < -0.39 is 0 Å². The van der Waals surface area contributed by atoms with Gasteiger partial charge in [0.1, 0.15) is 0 Å². The van der Waals surface area contributed by atoms with Gasteiger partial charge in [-0.05, 0) is 35.7 Å². The summed E-state index contributed by atoms with van der Waals surface area (Å²) in [6, 6.07) is 13.7. The number of hydrogen-bond acceptors (Lipinski definition) is 1. The maximum atomic E-state index is 12.2. The Morgan fingerprint density at radius 1 is 1.18 bits per heavy atom. The standard InChI is InChI=1S/C18H17ClN2O/c1-12-4-2-3-5-13(12)10-21-18(22)8-14-11-20-17-9-15(19)6-7-16(14)17/h2-7,9,11,20H,8,10H2,1H3,(H,21,22). The molecule has 3 rings (SSSR count). The molecule has 0 fully saturated rings. The quantitative estimate of drug-likeness (QED) is 0.751. The molecule has 0 aliphatic carbocycles. The molecule has 0 unspecified atom stereocenters. The molecule has 1 heterocycles. The maximum absolute atomic E-state index is 12.2. The van der Waals surface area contributed by atoms with Gasteiger partial charge in [0.05, 0.1) is 6.42 Å². The predicted molar refractivity (Wildman–Crippen MR) is 90.0 cm³/mol. The number of halogens is 1. The highest BCUT2D eigenvalue weighted by molar-refractivity contribution is 6.31. The van der Waals surface area contributed by atoms with E-state index in [2.05, 4.69) is 10.3 Å². The van der Waals surface area contributed by atoms with Gasteiger partial charge in [-0.2, -0.15) is 0 Å². The van der Waals surface area contributed by atoms with E-state index in [1.165, 1.54) is 5.56 Å². The lowest BCUT2D eigenvalue weighted by molar-refractivity contribution is -0.120. The van der Waals surface area contributed by atoms with E-state index in [0.29, 0.717) is 18.0 Å². The molecule has 3 nitrogen and oxygen atoms in total. The summed E-state index contributed by atoms with van der Waals surface area (Å²) >= 11 is 5.97. The van der Waals surface area contributed by atoms with Crippen LogP contribution in [0.25, 0.3) is 10.9 Å². The molecular weight excluding hydrogens is 296 g/mol. The van der Waals surface area contributed by atoms with Crippen LogP contribution in [0.1, 0.15) is 16.7 Å². The van der Waals surface area contributed by atoms with Crippen molar-refractivity contribution in [3.8, 4) is 0 Å². The van der Waals surface area contributed by atoms with Crippen LogP contribution in [0.15, 0.2) is 48.7 Å². The molecule has 1 amide bonds. The van der Waals surface area contributed by atoms with E-state index in [1.54, 1.807) is 0 Å². The Morgan fingerprint density at radius 3 is 2.82 bits per heavy atom. The molecule has 0 saturated carbocycles. The van der Waals surface area contributed by atoms with E-state index >= 15 is 0 Å². The second kappa shape index (κ2) is 6.24. The van der Waals surface area contributed by atoms with Crippen LogP contribution in [-0.4, -0.2) is 10.9 Å². The fourth-order valence-electron chi connectivity index (χ4n) is 2.54. The van der Waals surface area contributed by atoms with E-state index in [1.807, 2.05) is 55.6 Å². The van der Waals surface area contributed by atoms with Gasteiger partial charge in [0, 0.05) is 28.7 Å². The molecule has 0 aliphatic heterocycles. The molecule has 0 bridgehead atoms. The zero-order chi connectivity index (χ0) is 15.5. The van der Waals surface area contributed by atoms with Gasteiger partial charge in [0.25, 0.3) is 0 Å². The summed E-state index contributed by atoms with van der Waals surface area (Å²) in [4.78, 5) is 15.3. The van der Waals surface area contributed by atoms with Gasteiger partial charge >= 0.3 is 0 Å². The molecule has 0 spiro atoms. The molecule has 0 saturated heterocycles. The minimum atomic E-state index is 0.0131. The van der Waals surface area contributed by atoms with Crippen molar-refractivity contribution in [2.75, 3.05) is 0 Å². The zero-order valence-corrected chi connectivity index (χ0v) is 13.1. The summed E-state index contributed by atoms with van der Waals surface area (Å²) in [5.74, 6) is 0.0131. The summed E-state index contributed by atoms with van der Waals surface area (Å²) in [6.45, 7) is 2.60. The van der Waals surface area contributed by atoms with Gasteiger partial charge in [-0.1, -0.05) is 41.9 Å². The number of carbonyl (C=O) groups excluding carboxylic acids is 1. The highest BCUT2D eigenvalue weighted by Crippen LogP contribution is 2.22. The zero-order valence-electron chi connectivity index (χ0n) is 12.3. The van der Waals surface area contributed by atoms with Crippen molar-refractivity contribution in [1.82, 2.24) is 10.3 Å². The minimum Gasteiger partial charge on any atom is -0.361 e. The van der Waals surface area contributed by atoms with Crippen LogP contribution in [0, 0.1) is 6.92 Å². The normalized spacial score (nSPS) is 10.8. The molecule has 0 aliphatic rings. The third-order valence-corrected chi connectivity index (χ3v) is 4.05. The van der Waals surface area contributed by atoms with Gasteiger partial charge in [-0.15, -0.1) is 0 Å². The fourth-order valence-corrected chi connectivity index (χ4v) is 2.71. The monoisotopic (exact) mass is 312 g/mol. The van der Waals surface area contributed by atoms with Crippen LogP contribution in [0.3, 0.4) is 0 Å². The Hall–Kier alpha value is -2.26. The second-order valence-corrected chi connectivity index (χ2v) is 5.82. The first-order valence-electron chi connectivity index (χ1n) is 7.20. The number of carbonyl (C=O) groups is 1. The number of aromatic amines is 1. The molecule has 2 N–H and O–H groups in total. The largest absolute Gasteiger partial charge is 0.361 e. The summed E-state index contributed by atoms with van der Waals surface area (Å²) in [5.41, 5.74) is 4.26. The van der Waals surface area contributed by atoms with E-state index in [4.69, 9.17) is 11.6 Å². The Morgan fingerprint density at radius 2 is 2.00 bits per heavy atom. The third-order valence-electron chi connectivity index (χ3n) is 3.82. The second-order valence-electron chi connectivity index (χ2n) is 5.38. The number of aromatic nitrogens is 1. The SMILES string of the molecule is Cc1ccccc1CNC(=O)Cc1c[nH]c2cc(Cl)ccc12. The summed E-state index contributed by atoms with van der Waals surface area (Å²) in [5, 5.41) is 4.70. The van der Waals surface area contributed by atoms with Gasteiger partial charge < -0.3 is 10.3 Å². The molecular formula is C18H17ClN2O. The highest BCUT2D eigenvalue weighted by atomic mass is 35.5. The number of amides is 1. The minimum absolute atomic E-state index is 0.0131. The number of fused-ring (bicyclic) bond motifs is 1. The lowest BCUT2D eigenvalue weighted by atomic mass is 10.1. The van der Waals surface area contributed by atoms with Crippen LogP contribution in [0.4, 0.5) is 0 Å². The predicted octanol–water partition coefficient (Wildman–Crippen LogP) is 3.99. The van der Waals surface area contributed by atoms with Crippen LogP contribution in [0.2, 0.25) is 5.02 Å². The van der Waals surface area contributed by atoms with Crippen molar-refractivity contribution in [1.29, 1.82) is 0 Å². The van der Waals surface area contributed by atoms with E-state index in [9.17, 15) is 4.79 Å². The van der Waals surface area contributed by atoms with Crippen LogP contribution >= 0.6 is 11.6 Å². The van der Waals surface area contributed by atoms with Crippen LogP contribution < -0.4 is 5.32 Å². The first-order chi connectivity index (χ1) is 10.6. The number of benzene rings is 2. The first kappa shape index (κ1) is 14.7. The summed E-state index contributed by atoms with van der Waals surface area (Å²) in [7, 11) is 0. The molecule has 0 atom stereocenters. The topological polar surface area (TPSA) is 44.9 Å². The number of aryl methyl sites for hydroxylation is 1. The number of H-pyrrole nitrogens is 1. The number of hydrogen-bond donors (Lipinski definition) is 2. The highest BCUT2D eigenvalue weighted by Gasteiger charge is 2.09. The van der Waals surface area contributed by atoms with E-state index in [-0.39, 0.29) is 5.91 Å². The molecule has 22 heavy (non-hydrogen) atoms. The average Bonchev–Trinajstić information content (AvgIpc) is 2.88. The van der Waals surface area contributed by atoms with Crippen molar-refractivity contribution in [2.24, 2.45) is 0 Å². The number of nitrogens with one attached hydrogen (secondary N) is 2. The third kappa shape index (κ3) is 3.15. The van der Waals surface area contributed by atoms with Gasteiger partial charge in [0.15, 0.2) is 0 Å². The number of rotatable bonds is 4. The Balaban J connectivity index is 1.67. The molecule has 0 radical (unpaired) electrons. The molecule has 3 aromatic rings. The molecule has 2 aromatic carbocycles. The first-order valence-corrected chi connectivity index (χ1v) is 7.58. The maximum Gasteiger partial charge on any atom is 0.224 e. The van der Waals surface area contributed by atoms with Crippen molar-refractivity contribution in [3.05, 3.63) is 70.4 Å². The Labute approximate surface area is 134 Å². The summed E-state index contributed by atoms with van der Waals surface area (Å²) < 4.78 is 0. The molecule has 1 aromatic heterocycles. The fraction of sp³-hybridized carbons (Fsp3) is 0.167. The van der Waals surface area contributed by atoms with Gasteiger partial charge in [0.2, 0.25) is 5.91 Å². The van der Waals surface area contributed by atoms with Crippen LogP contribution in [-0.2, 0) is 17.8 Å². The van der Waals surface area contributed by atoms with Crippen molar-refractivity contribution in [3.63, 3.8) is 0 Å². The lowest BCUT2D eigenvalue weighted by Crippen LogP contribution is -2.24. The van der Waals surface area contributed by atoms with Crippen LogP contribution in [0.5, 0.6) is 0 Å². The molecule has 112 valence electrons.